The second-order valence-electron chi connectivity index (χ2n) is 6.25. The Hall–Kier alpha value is -1.26. The van der Waals surface area contributed by atoms with E-state index in [1.807, 2.05) is 12.1 Å². The summed E-state index contributed by atoms with van der Waals surface area (Å²) >= 11 is 0. The third-order valence-electron chi connectivity index (χ3n) is 4.93. The summed E-state index contributed by atoms with van der Waals surface area (Å²) in [4.78, 5) is 5.25. The van der Waals surface area contributed by atoms with E-state index in [4.69, 9.17) is 9.47 Å². The van der Waals surface area contributed by atoms with Gasteiger partial charge < -0.3 is 9.47 Å². The summed E-state index contributed by atoms with van der Waals surface area (Å²) < 4.78 is 10.8. The van der Waals surface area contributed by atoms with Crippen molar-refractivity contribution in [3.05, 3.63) is 23.8 Å². The second kappa shape index (κ2) is 6.24. The van der Waals surface area contributed by atoms with Crippen molar-refractivity contribution in [2.45, 2.75) is 38.4 Å². The summed E-state index contributed by atoms with van der Waals surface area (Å²) in [6.07, 6.45) is 2.71. The molecule has 116 valence electrons. The van der Waals surface area contributed by atoms with Crippen LogP contribution in [0.2, 0.25) is 0 Å². The van der Waals surface area contributed by atoms with Gasteiger partial charge in [-0.1, -0.05) is 6.07 Å². The molecule has 0 bridgehead atoms. The van der Waals surface area contributed by atoms with Gasteiger partial charge in [-0.05, 0) is 32.4 Å². The standard InChI is InChI=1S/C17H26N2O2/c1-13-10-18-8-4-5-15(18)12-19(13)11-14-6-7-16(20-2)9-17(14)21-3/h6-7,9,13,15H,4-5,8,10-12H2,1-3H3/t13-,15?/m0/s1. The van der Waals surface area contributed by atoms with Gasteiger partial charge in [0.05, 0.1) is 14.2 Å². The molecule has 2 heterocycles. The zero-order valence-corrected chi connectivity index (χ0v) is 13.3. The van der Waals surface area contributed by atoms with Crippen LogP contribution >= 0.6 is 0 Å². The van der Waals surface area contributed by atoms with Crippen molar-refractivity contribution in [2.24, 2.45) is 0 Å². The largest absolute Gasteiger partial charge is 0.497 e. The molecule has 2 atom stereocenters. The van der Waals surface area contributed by atoms with E-state index < -0.39 is 0 Å². The fourth-order valence-corrected chi connectivity index (χ4v) is 3.67. The molecule has 2 saturated heterocycles. The maximum absolute atomic E-state index is 5.53. The van der Waals surface area contributed by atoms with Crippen LogP contribution in [0.25, 0.3) is 0 Å². The molecule has 0 spiro atoms. The predicted molar refractivity (Wildman–Crippen MR) is 84.0 cm³/mol. The van der Waals surface area contributed by atoms with Gasteiger partial charge in [-0.15, -0.1) is 0 Å². The number of benzene rings is 1. The molecule has 1 aromatic carbocycles. The van der Waals surface area contributed by atoms with Crippen LogP contribution in [0.3, 0.4) is 0 Å². The number of piperazine rings is 1. The predicted octanol–water partition coefficient (Wildman–Crippen LogP) is 2.37. The minimum Gasteiger partial charge on any atom is -0.497 e. The van der Waals surface area contributed by atoms with Gasteiger partial charge >= 0.3 is 0 Å². The van der Waals surface area contributed by atoms with Gasteiger partial charge in [0.15, 0.2) is 0 Å². The smallest absolute Gasteiger partial charge is 0.127 e. The lowest BCUT2D eigenvalue weighted by atomic mass is 10.1. The molecule has 4 heteroatoms. The number of ether oxygens (including phenoxy) is 2. The highest BCUT2D eigenvalue weighted by molar-refractivity contribution is 5.40. The van der Waals surface area contributed by atoms with E-state index in [2.05, 4.69) is 22.8 Å². The Kier molecular flexibility index (Phi) is 4.36. The fourth-order valence-electron chi connectivity index (χ4n) is 3.67. The van der Waals surface area contributed by atoms with E-state index in [0.717, 1.165) is 24.1 Å². The number of hydrogen-bond acceptors (Lipinski definition) is 4. The molecule has 1 aromatic rings. The number of fused-ring (bicyclic) bond motifs is 1. The lowest BCUT2D eigenvalue weighted by Gasteiger charge is -2.42. The average molecular weight is 290 g/mol. The first-order valence-electron chi connectivity index (χ1n) is 7.90. The van der Waals surface area contributed by atoms with Crippen molar-refractivity contribution >= 4 is 0 Å². The molecule has 3 rings (SSSR count). The van der Waals surface area contributed by atoms with Crippen LogP contribution in [0, 0.1) is 0 Å². The Labute approximate surface area is 127 Å². The van der Waals surface area contributed by atoms with E-state index in [9.17, 15) is 0 Å². The molecule has 0 aromatic heterocycles. The minimum absolute atomic E-state index is 0.603. The molecule has 0 radical (unpaired) electrons. The van der Waals surface area contributed by atoms with Crippen LogP contribution < -0.4 is 9.47 Å². The number of rotatable bonds is 4. The highest BCUT2D eigenvalue weighted by Gasteiger charge is 2.34. The molecule has 2 aliphatic heterocycles. The highest BCUT2D eigenvalue weighted by atomic mass is 16.5. The fraction of sp³-hybridized carbons (Fsp3) is 0.647. The molecule has 2 aliphatic rings. The van der Waals surface area contributed by atoms with Crippen molar-refractivity contribution < 1.29 is 9.47 Å². The van der Waals surface area contributed by atoms with Crippen molar-refractivity contribution in [3.8, 4) is 11.5 Å². The van der Waals surface area contributed by atoms with Gasteiger partial charge in [-0.25, -0.2) is 0 Å². The summed E-state index contributed by atoms with van der Waals surface area (Å²) in [7, 11) is 3.42. The molecule has 21 heavy (non-hydrogen) atoms. The first-order chi connectivity index (χ1) is 10.2. The Bertz CT molecular complexity index is 492. The first kappa shape index (κ1) is 14.7. The van der Waals surface area contributed by atoms with E-state index in [1.54, 1.807) is 14.2 Å². The molecule has 0 saturated carbocycles. The van der Waals surface area contributed by atoms with E-state index in [1.165, 1.54) is 38.0 Å². The third kappa shape index (κ3) is 3.01. The first-order valence-corrected chi connectivity index (χ1v) is 7.90. The quantitative estimate of drug-likeness (QED) is 0.850. The van der Waals surface area contributed by atoms with Crippen molar-refractivity contribution in [3.63, 3.8) is 0 Å². The van der Waals surface area contributed by atoms with Gasteiger partial charge in [-0.3, -0.25) is 9.80 Å². The second-order valence-corrected chi connectivity index (χ2v) is 6.25. The van der Waals surface area contributed by atoms with Crippen LogP contribution in [-0.4, -0.2) is 55.7 Å². The topological polar surface area (TPSA) is 24.9 Å². The van der Waals surface area contributed by atoms with Crippen LogP contribution in [-0.2, 0) is 6.54 Å². The van der Waals surface area contributed by atoms with E-state index >= 15 is 0 Å². The maximum atomic E-state index is 5.53. The van der Waals surface area contributed by atoms with E-state index in [0.29, 0.717) is 6.04 Å². The van der Waals surface area contributed by atoms with Gasteiger partial charge in [0, 0.05) is 43.3 Å². The number of hydrogen-bond donors (Lipinski definition) is 0. The summed E-state index contributed by atoms with van der Waals surface area (Å²) in [5, 5.41) is 0. The SMILES string of the molecule is COc1ccc(CN2CC3CCCN3C[C@@H]2C)c(OC)c1. The Morgan fingerprint density at radius 1 is 1.19 bits per heavy atom. The van der Waals surface area contributed by atoms with Gasteiger partial charge in [-0.2, -0.15) is 0 Å². The molecule has 0 amide bonds. The molecule has 0 N–H and O–H groups in total. The van der Waals surface area contributed by atoms with Gasteiger partial charge in [0.25, 0.3) is 0 Å². The van der Waals surface area contributed by atoms with Crippen LogP contribution in [0.5, 0.6) is 11.5 Å². The molecular formula is C17H26N2O2. The van der Waals surface area contributed by atoms with E-state index in [-0.39, 0.29) is 0 Å². The monoisotopic (exact) mass is 290 g/mol. The van der Waals surface area contributed by atoms with Crippen molar-refractivity contribution in [1.82, 2.24) is 9.80 Å². The third-order valence-corrected chi connectivity index (χ3v) is 4.93. The lowest BCUT2D eigenvalue weighted by molar-refractivity contribution is 0.0535. The number of methoxy groups -OCH3 is 2. The summed E-state index contributed by atoms with van der Waals surface area (Å²) in [5.41, 5.74) is 1.25. The van der Waals surface area contributed by atoms with Crippen LogP contribution in [0.15, 0.2) is 18.2 Å². The zero-order valence-electron chi connectivity index (χ0n) is 13.3. The number of nitrogens with zero attached hydrogens (tertiary/aromatic N) is 2. The molecular weight excluding hydrogens is 264 g/mol. The summed E-state index contributed by atoms with van der Waals surface area (Å²) in [6.45, 7) is 6.96. The van der Waals surface area contributed by atoms with Crippen molar-refractivity contribution in [2.75, 3.05) is 33.9 Å². The normalized spacial score (nSPS) is 26.6. The van der Waals surface area contributed by atoms with Crippen molar-refractivity contribution in [1.29, 1.82) is 0 Å². The van der Waals surface area contributed by atoms with Crippen LogP contribution in [0.4, 0.5) is 0 Å². The summed E-state index contributed by atoms with van der Waals surface area (Å²) in [5.74, 6) is 1.78. The minimum atomic E-state index is 0.603. The lowest BCUT2D eigenvalue weighted by Crippen LogP contribution is -2.54. The van der Waals surface area contributed by atoms with Gasteiger partial charge in [0.2, 0.25) is 0 Å². The van der Waals surface area contributed by atoms with Gasteiger partial charge in [0.1, 0.15) is 11.5 Å². The van der Waals surface area contributed by atoms with Crippen LogP contribution in [0.1, 0.15) is 25.3 Å². The Morgan fingerprint density at radius 2 is 2.05 bits per heavy atom. The molecule has 0 aliphatic carbocycles. The maximum Gasteiger partial charge on any atom is 0.127 e. The Balaban J connectivity index is 1.73. The molecule has 1 unspecified atom stereocenters. The summed E-state index contributed by atoms with van der Waals surface area (Å²) in [6, 6.07) is 7.49. The molecule has 2 fully saturated rings. The zero-order chi connectivity index (χ0) is 14.8. The average Bonchev–Trinajstić information content (AvgIpc) is 2.95. The highest BCUT2D eigenvalue weighted by Crippen LogP contribution is 2.29. The Morgan fingerprint density at radius 3 is 2.81 bits per heavy atom. The molecule has 4 nitrogen and oxygen atoms in total.